The number of nitrogens with one attached hydrogen (secondary N) is 2. The van der Waals surface area contributed by atoms with E-state index in [1.165, 1.54) is 12.8 Å². The molecule has 1 aliphatic carbocycles. The molecule has 1 saturated carbocycles. The normalized spacial score (nSPS) is 17.1. The fourth-order valence-corrected chi connectivity index (χ4v) is 4.34. The lowest BCUT2D eigenvalue weighted by Crippen LogP contribution is -2.43. The summed E-state index contributed by atoms with van der Waals surface area (Å²) in [6.45, 7) is 3.96. The minimum Gasteiger partial charge on any atom is -0.494 e. The Kier molecular flexibility index (Phi) is 5.71. The number of rotatable bonds is 6. The summed E-state index contributed by atoms with van der Waals surface area (Å²) in [5, 5.41) is 16.8. The first-order valence-corrected chi connectivity index (χ1v) is 11.0. The number of hydrogen-bond donors (Lipinski definition) is 2. The molecule has 0 atom stereocenters. The molecule has 3 heterocycles. The SMILES string of the molecule is COc1cc(N2CCNCC2)ccc1Nc1nc(OC2CCCC2)cc2cnncc12. The molecule has 2 aromatic heterocycles. The molecule has 2 fully saturated rings. The van der Waals surface area contributed by atoms with Crippen LogP contribution in [0.25, 0.3) is 10.8 Å². The van der Waals surface area contributed by atoms with Crippen LogP contribution in [0.3, 0.4) is 0 Å². The minimum absolute atomic E-state index is 0.237. The van der Waals surface area contributed by atoms with Crippen LogP contribution in [0.15, 0.2) is 36.7 Å². The van der Waals surface area contributed by atoms with Gasteiger partial charge in [0, 0.05) is 54.8 Å². The van der Waals surface area contributed by atoms with Crippen LogP contribution >= 0.6 is 0 Å². The first-order chi connectivity index (χ1) is 15.3. The van der Waals surface area contributed by atoms with E-state index in [4.69, 9.17) is 14.5 Å². The molecule has 1 aliphatic heterocycles. The number of piperazine rings is 1. The smallest absolute Gasteiger partial charge is 0.216 e. The van der Waals surface area contributed by atoms with Crippen LogP contribution in [0.4, 0.5) is 17.2 Å². The van der Waals surface area contributed by atoms with Crippen LogP contribution in [-0.2, 0) is 0 Å². The lowest BCUT2D eigenvalue weighted by molar-refractivity contribution is 0.202. The zero-order valence-corrected chi connectivity index (χ0v) is 17.8. The van der Waals surface area contributed by atoms with Gasteiger partial charge in [-0.3, -0.25) is 0 Å². The maximum absolute atomic E-state index is 6.17. The highest BCUT2D eigenvalue weighted by molar-refractivity contribution is 5.93. The molecule has 2 aliphatic rings. The number of hydrogen-bond acceptors (Lipinski definition) is 8. The number of nitrogens with zero attached hydrogens (tertiary/aromatic N) is 4. The molecular formula is C23H28N6O2. The molecule has 8 heteroatoms. The maximum atomic E-state index is 6.17. The van der Waals surface area contributed by atoms with E-state index < -0.39 is 0 Å². The van der Waals surface area contributed by atoms with Gasteiger partial charge in [-0.15, -0.1) is 0 Å². The predicted molar refractivity (Wildman–Crippen MR) is 122 cm³/mol. The zero-order chi connectivity index (χ0) is 21.0. The van der Waals surface area contributed by atoms with E-state index in [-0.39, 0.29) is 6.10 Å². The minimum atomic E-state index is 0.237. The van der Waals surface area contributed by atoms with E-state index >= 15 is 0 Å². The van der Waals surface area contributed by atoms with Crippen LogP contribution in [0.5, 0.6) is 11.6 Å². The molecule has 0 amide bonds. The predicted octanol–water partition coefficient (Wildman–Crippen LogP) is 3.51. The fraction of sp³-hybridized carbons (Fsp3) is 0.435. The highest BCUT2D eigenvalue weighted by Crippen LogP contribution is 2.35. The number of methoxy groups -OCH3 is 1. The average molecular weight is 421 g/mol. The van der Waals surface area contributed by atoms with Gasteiger partial charge in [0.1, 0.15) is 17.7 Å². The van der Waals surface area contributed by atoms with Gasteiger partial charge < -0.3 is 25.0 Å². The number of aromatic nitrogens is 3. The summed E-state index contributed by atoms with van der Waals surface area (Å²) in [6, 6.07) is 8.19. The van der Waals surface area contributed by atoms with Crippen molar-refractivity contribution in [2.24, 2.45) is 0 Å². The Morgan fingerprint density at radius 1 is 1.06 bits per heavy atom. The Labute approximate surface area is 182 Å². The molecule has 1 saturated heterocycles. The van der Waals surface area contributed by atoms with Gasteiger partial charge in [0.25, 0.3) is 0 Å². The number of anilines is 3. The number of benzene rings is 1. The van der Waals surface area contributed by atoms with Crippen molar-refractivity contribution < 1.29 is 9.47 Å². The van der Waals surface area contributed by atoms with Crippen molar-refractivity contribution in [2.45, 2.75) is 31.8 Å². The summed E-state index contributed by atoms with van der Waals surface area (Å²) in [4.78, 5) is 7.14. The van der Waals surface area contributed by atoms with Crippen LogP contribution in [0.2, 0.25) is 0 Å². The highest BCUT2D eigenvalue weighted by Gasteiger charge is 2.19. The Balaban J connectivity index is 1.46. The van der Waals surface area contributed by atoms with Gasteiger partial charge in [-0.1, -0.05) is 0 Å². The molecule has 0 unspecified atom stereocenters. The van der Waals surface area contributed by atoms with Gasteiger partial charge in [0.05, 0.1) is 25.2 Å². The van der Waals surface area contributed by atoms with Crippen molar-refractivity contribution >= 4 is 28.0 Å². The second-order valence-corrected chi connectivity index (χ2v) is 8.07. The quantitative estimate of drug-likeness (QED) is 0.627. The third-order valence-electron chi connectivity index (χ3n) is 6.03. The fourth-order valence-electron chi connectivity index (χ4n) is 4.34. The first kappa shape index (κ1) is 19.8. The van der Waals surface area contributed by atoms with Gasteiger partial charge in [-0.05, 0) is 37.8 Å². The molecule has 3 aromatic rings. The summed E-state index contributed by atoms with van der Waals surface area (Å²) < 4.78 is 11.9. The second-order valence-electron chi connectivity index (χ2n) is 8.07. The summed E-state index contributed by atoms with van der Waals surface area (Å²) in [5.41, 5.74) is 2.01. The molecule has 5 rings (SSSR count). The van der Waals surface area contributed by atoms with Gasteiger partial charge >= 0.3 is 0 Å². The van der Waals surface area contributed by atoms with E-state index in [2.05, 4.69) is 37.9 Å². The van der Waals surface area contributed by atoms with E-state index in [0.717, 1.165) is 66.9 Å². The molecule has 0 radical (unpaired) electrons. The van der Waals surface area contributed by atoms with E-state index in [1.54, 1.807) is 19.5 Å². The first-order valence-electron chi connectivity index (χ1n) is 11.0. The highest BCUT2D eigenvalue weighted by atomic mass is 16.5. The standard InChI is InChI=1S/C23H28N6O2/c1-30-21-13-17(29-10-8-24-9-11-29)6-7-20(21)27-23-19-15-26-25-14-16(19)12-22(28-23)31-18-4-2-3-5-18/h6-7,12-15,18,24H,2-5,8-11H2,1H3,(H,27,28). The molecular weight excluding hydrogens is 392 g/mol. The molecule has 0 spiro atoms. The maximum Gasteiger partial charge on any atom is 0.216 e. The summed E-state index contributed by atoms with van der Waals surface area (Å²) >= 11 is 0. The van der Waals surface area contributed by atoms with Crippen molar-refractivity contribution in [2.75, 3.05) is 43.5 Å². The van der Waals surface area contributed by atoms with Crippen LogP contribution in [-0.4, -0.2) is 54.6 Å². The topological polar surface area (TPSA) is 84.4 Å². The Bertz CT molecular complexity index is 1050. The molecule has 31 heavy (non-hydrogen) atoms. The monoisotopic (exact) mass is 420 g/mol. The van der Waals surface area contributed by atoms with Gasteiger partial charge in [0.2, 0.25) is 5.88 Å². The molecule has 0 bridgehead atoms. The van der Waals surface area contributed by atoms with E-state index in [1.807, 2.05) is 12.1 Å². The largest absolute Gasteiger partial charge is 0.494 e. The zero-order valence-electron chi connectivity index (χ0n) is 17.8. The van der Waals surface area contributed by atoms with Crippen LogP contribution < -0.4 is 25.0 Å². The Morgan fingerprint density at radius 2 is 1.87 bits per heavy atom. The molecule has 162 valence electrons. The van der Waals surface area contributed by atoms with Crippen LogP contribution in [0.1, 0.15) is 25.7 Å². The number of ether oxygens (including phenoxy) is 2. The third kappa shape index (κ3) is 4.34. The summed E-state index contributed by atoms with van der Waals surface area (Å²) in [6.07, 6.45) is 8.30. The third-order valence-corrected chi connectivity index (χ3v) is 6.03. The van der Waals surface area contributed by atoms with Crippen molar-refractivity contribution in [3.63, 3.8) is 0 Å². The summed E-state index contributed by atoms with van der Waals surface area (Å²) in [7, 11) is 1.69. The van der Waals surface area contributed by atoms with Gasteiger partial charge in [-0.2, -0.15) is 15.2 Å². The van der Waals surface area contributed by atoms with Crippen molar-refractivity contribution in [1.82, 2.24) is 20.5 Å². The number of fused-ring (bicyclic) bond motifs is 1. The number of pyridine rings is 1. The molecule has 2 N–H and O–H groups in total. The van der Waals surface area contributed by atoms with Crippen LogP contribution in [0, 0.1) is 0 Å². The average Bonchev–Trinajstić information content (AvgIpc) is 3.33. The van der Waals surface area contributed by atoms with E-state index in [9.17, 15) is 0 Å². The lowest BCUT2D eigenvalue weighted by Gasteiger charge is -2.30. The van der Waals surface area contributed by atoms with E-state index in [0.29, 0.717) is 11.7 Å². The Hall–Kier alpha value is -3.13. The van der Waals surface area contributed by atoms with Crippen molar-refractivity contribution in [1.29, 1.82) is 0 Å². The Morgan fingerprint density at radius 3 is 2.68 bits per heavy atom. The molecule has 1 aromatic carbocycles. The molecule has 8 nitrogen and oxygen atoms in total. The second kappa shape index (κ2) is 8.93. The van der Waals surface area contributed by atoms with Crippen molar-refractivity contribution in [3.05, 3.63) is 36.7 Å². The van der Waals surface area contributed by atoms with Gasteiger partial charge in [-0.25, -0.2) is 0 Å². The van der Waals surface area contributed by atoms with Gasteiger partial charge in [0.15, 0.2) is 0 Å². The lowest BCUT2D eigenvalue weighted by atomic mass is 10.2. The van der Waals surface area contributed by atoms with Crippen molar-refractivity contribution in [3.8, 4) is 11.6 Å². The summed E-state index contributed by atoms with van der Waals surface area (Å²) in [5.74, 6) is 2.08.